The number of carbonyl (C=O) groups is 1. The molecule has 18 heavy (non-hydrogen) atoms. The van der Waals surface area contributed by atoms with Crippen molar-refractivity contribution in [1.29, 1.82) is 0 Å². The summed E-state index contributed by atoms with van der Waals surface area (Å²) < 4.78 is 22.8. The lowest BCUT2D eigenvalue weighted by atomic mass is 10.1. The van der Waals surface area contributed by atoms with Gasteiger partial charge in [-0.2, -0.15) is 0 Å². The maximum atomic E-state index is 11.4. The van der Waals surface area contributed by atoms with Crippen LogP contribution in [0.15, 0.2) is 0 Å². The molecule has 1 fully saturated rings. The fraction of sp³-hybridized carbons (Fsp3) is 0.909. The first-order chi connectivity index (χ1) is 8.21. The van der Waals surface area contributed by atoms with Gasteiger partial charge in [0.2, 0.25) is 5.91 Å². The number of rotatable bonds is 6. The number of nitrogens with zero attached hydrogens (tertiary/aromatic N) is 1. The summed E-state index contributed by atoms with van der Waals surface area (Å²) >= 11 is 0. The largest absolute Gasteiger partial charge is 0.368 e. The molecular formula is C11H23N3O3S. The monoisotopic (exact) mass is 277 g/mol. The SMILES string of the molecule is CC(C)NC(CN(C)C1CCS(=O)(=O)C1)C(N)=O. The molecule has 0 radical (unpaired) electrons. The number of hydrogen-bond donors (Lipinski definition) is 2. The molecule has 2 unspecified atom stereocenters. The number of nitrogens with one attached hydrogen (secondary N) is 1. The van der Waals surface area contributed by atoms with Crippen molar-refractivity contribution in [3.63, 3.8) is 0 Å². The molecule has 1 amide bonds. The molecule has 0 aromatic carbocycles. The van der Waals surface area contributed by atoms with E-state index in [9.17, 15) is 13.2 Å². The van der Waals surface area contributed by atoms with E-state index >= 15 is 0 Å². The predicted molar refractivity (Wildman–Crippen MR) is 70.9 cm³/mol. The molecule has 0 spiro atoms. The van der Waals surface area contributed by atoms with Crippen molar-refractivity contribution >= 4 is 15.7 Å². The van der Waals surface area contributed by atoms with E-state index in [1.807, 2.05) is 25.8 Å². The molecule has 6 nitrogen and oxygen atoms in total. The highest BCUT2D eigenvalue weighted by atomic mass is 32.2. The van der Waals surface area contributed by atoms with E-state index in [-0.39, 0.29) is 23.6 Å². The molecule has 0 bridgehead atoms. The summed E-state index contributed by atoms with van der Waals surface area (Å²) in [5.41, 5.74) is 5.34. The summed E-state index contributed by atoms with van der Waals surface area (Å²) in [7, 11) is -1.06. The molecule has 1 rings (SSSR count). The Bertz CT molecular complexity index is 394. The number of likely N-dealkylation sites (N-methyl/N-ethyl adjacent to an activating group) is 1. The lowest BCUT2D eigenvalue weighted by molar-refractivity contribution is -0.120. The van der Waals surface area contributed by atoms with Gasteiger partial charge >= 0.3 is 0 Å². The van der Waals surface area contributed by atoms with Crippen molar-refractivity contribution < 1.29 is 13.2 Å². The third-order valence-electron chi connectivity index (χ3n) is 3.18. The van der Waals surface area contributed by atoms with E-state index in [1.165, 1.54) is 0 Å². The average Bonchev–Trinajstić information content (AvgIpc) is 2.57. The smallest absolute Gasteiger partial charge is 0.235 e. The third-order valence-corrected chi connectivity index (χ3v) is 4.93. The van der Waals surface area contributed by atoms with Crippen molar-refractivity contribution in [2.45, 2.75) is 38.4 Å². The molecule has 0 aromatic rings. The Morgan fingerprint density at radius 3 is 2.50 bits per heavy atom. The first-order valence-electron chi connectivity index (χ1n) is 6.17. The van der Waals surface area contributed by atoms with Crippen molar-refractivity contribution in [2.75, 3.05) is 25.1 Å². The maximum Gasteiger partial charge on any atom is 0.235 e. The van der Waals surface area contributed by atoms with Crippen LogP contribution < -0.4 is 11.1 Å². The fourth-order valence-corrected chi connectivity index (χ4v) is 3.99. The van der Waals surface area contributed by atoms with Gasteiger partial charge in [0.25, 0.3) is 0 Å². The number of carbonyl (C=O) groups excluding carboxylic acids is 1. The Kier molecular flexibility index (Phi) is 5.12. The Hall–Kier alpha value is -0.660. The Morgan fingerprint density at radius 2 is 2.11 bits per heavy atom. The molecule has 106 valence electrons. The van der Waals surface area contributed by atoms with Gasteiger partial charge in [0.05, 0.1) is 17.5 Å². The van der Waals surface area contributed by atoms with Gasteiger partial charge < -0.3 is 16.0 Å². The number of sulfone groups is 1. The number of amides is 1. The molecule has 0 saturated carbocycles. The molecule has 2 atom stereocenters. The van der Waals surface area contributed by atoms with Gasteiger partial charge in [-0.25, -0.2) is 8.42 Å². The van der Waals surface area contributed by atoms with Crippen LogP contribution in [0.25, 0.3) is 0 Å². The topological polar surface area (TPSA) is 92.5 Å². The highest BCUT2D eigenvalue weighted by Crippen LogP contribution is 2.16. The highest BCUT2D eigenvalue weighted by molar-refractivity contribution is 7.91. The van der Waals surface area contributed by atoms with Crippen molar-refractivity contribution in [2.24, 2.45) is 5.73 Å². The second-order valence-corrected chi connectivity index (χ2v) is 7.50. The van der Waals surface area contributed by atoms with E-state index in [2.05, 4.69) is 5.32 Å². The third kappa shape index (κ3) is 4.55. The second-order valence-electron chi connectivity index (χ2n) is 5.27. The van der Waals surface area contributed by atoms with Gasteiger partial charge in [-0.1, -0.05) is 13.8 Å². The molecule has 1 aliphatic heterocycles. The highest BCUT2D eigenvalue weighted by Gasteiger charge is 2.32. The molecule has 3 N–H and O–H groups in total. The predicted octanol–water partition coefficient (Wildman–Crippen LogP) is -1.04. The van der Waals surface area contributed by atoms with Crippen molar-refractivity contribution in [3.8, 4) is 0 Å². The van der Waals surface area contributed by atoms with E-state index in [1.54, 1.807) is 0 Å². The molecule has 0 aliphatic carbocycles. The Labute approximate surface area is 109 Å². The van der Waals surface area contributed by atoms with E-state index in [4.69, 9.17) is 5.73 Å². The number of hydrogen-bond acceptors (Lipinski definition) is 5. The van der Waals surface area contributed by atoms with Crippen LogP contribution in [-0.2, 0) is 14.6 Å². The van der Waals surface area contributed by atoms with Crippen LogP contribution in [0.5, 0.6) is 0 Å². The van der Waals surface area contributed by atoms with Crippen LogP contribution in [0.4, 0.5) is 0 Å². The van der Waals surface area contributed by atoms with Crippen LogP contribution >= 0.6 is 0 Å². The normalized spacial score (nSPS) is 24.6. The van der Waals surface area contributed by atoms with Gasteiger partial charge in [-0.15, -0.1) is 0 Å². The van der Waals surface area contributed by atoms with Crippen molar-refractivity contribution in [3.05, 3.63) is 0 Å². The molecule has 7 heteroatoms. The average molecular weight is 277 g/mol. The second kappa shape index (κ2) is 5.99. The first-order valence-corrected chi connectivity index (χ1v) is 7.99. The zero-order valence-electron chi connectivity index (χ0n) is 11.2. The van der Waals surface area contributed by atoms with Gasteiger partial charge in [0, 0.05) is 18.6 Å². The standard InChI is InChI=1S/C11H23N3O3S/c1-8(2)13-10(11(12)15)6-14(3)9-4-5-18(16,17)7-9/h8-10,13H,4-7H2,1-3H3,(H2,12,15). The van der Waals surface area contributed by atoms with E-state index in [0.29, 0.717) is 13.0 Å². The van der Waals surface area contributed by atoms with Crippen LogP contribution in [0.1, 0.15) is 20.3 Å². The van der Waals surface area contributed by atoms with Crippen molar-refractivity contribution in [1.82, 2.24) is 10.2 Å². The lowest BCUT2D eigenvalue weighted by Gasteiger charge is -2.28. The number of primary amides is 1. The minimum atomic E-state index is -2.90. The van der Waals surface area contributed by atoms with Gasteiger partial charge in [-0.05, 0) is 13.5 Å². The van der Waals surface area contributed by atoms with E-state index < -0.39 is 21.8 Å². The van der Waals surface area contributed by atoms with Gasteiger partial charge in [0.1, 0.15) is 0 Å². The van der Waals surface area contributed by atoms with Crippen LogP contribution in [0.2, 0.25) is 0 Å². The summed E-state index contributed by atoms with van der Waals surface area (Å²) in [6.45, 7) is 4.32. The van der Waals surface area contributed by atoms with E-state index in [0.717, 1.165) is 0 Å². The van der Waals surface area contributed by atoms with Gasteiger partial charge in [0.15, 0.2) is 9.84 Å². The van der Waals surface area contributed by atoms with Crippen LogP contribution in [0, 0.1) is 0 Å². The first kappa shape index (κ1) is 15.4. The summed E-state index contributed by atoms with van der Waals surface area (Å²) in [6, 6.07) is -0.299. The zero-order valence-corrected chi connectivity index (χ0v) is 12.0. The van der Waals surface area contributed by atoms with Crippen LogP contribution in [0.3, 0.4) is 0 Å². The Morgan fingerprint density at radius 1 is 1.50 bits per heavy atom. The maximum absolute atomic E-state index is 11.4. The minimum Gasteiger partial charge on any atom is -0.368 e. The quantitative estimate of drug-likeness (QED) is 0.647. The lowest BCUT2D eigenvalue weighted by Crippen LogP contribution is -2.52. The zero-order chi connectivity index (χ0) is 13.9. The Balaban J connectivity index is 2.56. The summed E-state index contributed by atoms with van der Waals surface area (Å²) in [4.78, 5) is 13.2. The molecule has 0 aromatic heterocycles. The summed E-state index contributed by atoms with van der Waals surface area (Å²) in [6.07, 6.45) is 0.631. The fourth-order valence-electron chi connectivity index (χ4n) is 2.19. The molecule has 1 heterocycles. The summed E-state index contributed by atoms with van der Waals surface area (Å²) in [5, 5.41) is 3.09. The molecule has 1 aliphatic rings. The molecule has 1 saturated heterocycles. The summed E-state index contributed by atoms with van der Waals surface area (Å²) in [5.74, 6) is 0.00809. The minimum absolute atomic E-state index is 0.00851. The molecular weight excluding hydrogens is 254 g/mol. The van der Waals surface area contributed by atoms with Gasteiger partial charge in [-0.3, -0.25) is 4.79 Å². The van der Waals surface area contributed by atoms with Crippen LogP contribution in [-0.4, -0.2) is 62.4 Å². The number of nitrogens with two attached hydrogens (primary N) is 1.